The lowest BCUT2D eigenvalue weighted by atomic mass is 9.93. The third kappa shape index (κ3) is 4.46. The van der Waals surface area contributed by atoms with Crippen molar-refractivity contribution in [1.82, 2.24) is 4.90 Å². The summed E-state index contributed by atoms with van der Waals surface area (Å²) in [6.45, 7) is 0.801. The predicted molar refractivity (Wildman–Crippen MR) is 105 cm³/mol. The van der Waals surface area contributed by atoms with Crippen molar-refractivity contribution < 1.29 is 18.7 Å². The zero-order chi connectivity index (χ0) is 19.3. The summed E-state index contributed by atoms with van der Waals surface area (Å²) in [4.78, 5) is 15.1. The Morgan fingerprint density at radius 2 is 1.68 bits per heavy atom. The maximum absolute atomic E-state index is 13.2. The molecule has 0 atom stereocenters. The van der Waals surface area contributed by atoms with E-state index in [-0.39, 0.29) is 24.6 Å². The number of carbonyl (C=O) groups excluding carboxylic acids is 1. The maximum Gasteiger partial charge on any atom is 0.231 e. The van der Waals surface area contributed by atoms with Crippen LogP contribution < -0.4 is 9.47 Å². The minimum atomic E-state index is -0.248. The highest BCUT2D eigenvalue weighted by Gasteiger charge is 2.25. The van der Waals surface area contributed by atoms with E-state index in [2.05, 4.69) is 0 Å². The Kier molecular flexibility index (Phi) is 5.79. The third-order valence-electron chi connectivity index (χ3n) is 5.67. The van der Waals surface area contributed by atoms with Gasteiger partial charge in [-0.3, -0.25) is 4.79 Å². The highest BCUT2D eigenvalue weighted by atomic mass is 19.1. The molecule has 1 amide bonds. The van der Waals surface area contributed by atoms with Gasteiger partial charge in [-0.15, -0.1) is 0 Å². The summed E-state index contributed by atoms with van der Waals surface area (Å²) in [5.41, 5.74) is 2.05. The molecule has 2 aliphatic rings. The minimum Gasteiger partial charge on any atom is -0.454 e. The van der Waals surface area contributed by atoms with Gasteiger partial charge in [0.05, 0.1) is 0 Å². The quantitative estimate of drug-likeness (QED) is 0.716. The Balaban J connectivity index is 1.43. The Bertz CT molecular complexity index is 815. The summed E-state index contributed by atoms with van der Waals surface area (Å²) in [7, 11) is 0. The molecule has 28 heavy (non-hydrogen) atoms. The van der Waals surface area contributed by atoms with Crippen LogP contribution in [0.4, 0.5) is 4.39 Å². The molecule has 1 heterocycles. The molecule has 0 N–H and O–H groups in total. The zero-order valence-corrected chi connectivity index (χ0v) is 16.0. The fraction of sp³-hybridized carbons (Fsp3) is 0.435. The van der Waals surface area contributed by atoms with Gasteiger partial charge >= 0.3 is 0 Å². The molecule has 0 radical (unpaired) electrons. The lowest BCUT2D eigenvalue weighted by Gasteiger charge is -2.34. The van der Waals surface area contributed by atoms with Gasteiger partial charge in [-0.05, 0) is 54.7 Å². The first-order chi connectivity index (χ1) is 13.7. The summed E-state index contributed by atoms with van der Waals surface area (Å²) >= 11 is 0. The van der Waals surface area contributed by atoms with Crippen LogP contribution in [-0.4, -0.2) is 23.6 Å². The molecule has 0 unspecified atom stereocenters. The van der Waals surface area contributed by atoms with Crippen molar-refractivity contribution in [1.29, 1.82) is 0 Å². The van der Waals surface area contributed by atoms with Crippen LogP contribution in [0, 0.1) is 5.82 Å². The van der Waals surface area contributed by atoms with Crippen LogP contribution >= 0.6 is 0 Å². The second-order valence-electron chi connectivity index (χ2n) is 7.63. The molecule has 5 heteroatoms. The van der Waals surface area contributed by atoms with Gasteiger partial charge in [-0.1, -0.05) is 37.5 Å². The Morgan fingerprint density at radius 1 is 0.964 bits per heavy atom. The van der Waals surface area contributed by atoms with Crippen LogP contribution in [0.3, 0.4) is 0 Å². The fourth-order valence-corrected chi connectivity index (χ4v) is 4.09. The van der Waals surface area contributed by atoms with E-state index in [1.165, 1.54) is 31.4 Å². The standard InChI is InChI=1S/C23H26FNO3/c24-19-10-6-18(7-11-19)15-25(20-4-2-1-3-5-20)23(26)13-9-17-8-12-21-22(14-17)28-16-27-21/h6-8,10-12,14,20H,1-5,9,13,15-16H2. The van der Waals surface area contributed by atoms with Crippen LogP contribution in [0.25, 0.3) is 0 Å². The molecule has 1 fully saturated rings. The summed E-state index contributed by atoms with van der Waals surface area (Å²) in [6.07, 6.45) is 6.81. The van der Waals surface area contributed by atoms with Crippen LogP contribution in [0.5, 0.6) is 11.5 Å². The van der Waals surface area contributed by atoms with Crippen molar-refractivity contribution >= 4 is 5.91 Å². The predicted octanol–water partition coefficient (Wildman–Crippen LogP) is 4.85. The second-order valence-corrected chi connectivity index (χ2v) is 7.63. The molecule has 148 valence electrons. The van der Waals surface area contributed by atoms with Gasteiger partial charge < -0.3 is 14.4 Å². The number of aryl methyl sites for hydroxylation is 1. The first-order valence-corrected chi connectivity index (χ1v) is 10.1. The van der Waals surface area contributed by atoms with Gasteiger partial charge in [0, 0.05) is 19.0 Å². The van der Waals surface area contributed by atoms with Crippen LogP contribution in [-0.2, 0) is 17.8 Å². The van der Waals surface area contributed by atoms with Gasteiger partial charge in [-0.2, -0.15) is 0 Å². The average molecular weight is 383 g/mol. The number of benzene rings is 2. The number of hydrogen-bond acceptors (Lipinski definition) is 3. The topological polar surface area (TPSA) is 38.8 Å². The molecule has 4 rings (SSSR count). The molecule has 0 spiro atoms. The van der Waals surface area contributed by atoms with Crippen molar-refractivity contribution in [2.24, 2.45) is 0 Å². The molecule has 2 aromatic rings. The first kappa shape index (κ1) is 18.8. The minimum absolute atomic E-state index is 0.161. The van der Waals surface area contributed by atoms with Crippen LogP contribution in [0.1, 0.15) is 49.7 Å². The first-order valence-electron chi connectivity index (χ1n) is 10.1. The van der Waals surface area contributed by atoms with E-state index in [0.717, 1.165) is 35.5 Å². The zero-order valence-electron chi connectivity index (χ0n) is 16.0. The normalized spacial score (nSPS) is 16.2. The summed E-state index contributed by atoms with van der Waals surface area (Å²) < 4.78 is 24.0. The number of halogens is 1. The Labute approximate surface area is 165 Å². The molecule has 4 nitrogen and oxygen atoms in total. The van der Waals surface area contributed by atoms with Crippen LogP contribution in [0.15, 0.2) is 42.5 Å². The molecular formula is C23H26FNO3. The molecule has 1 saturated carbocycles. The third-order valence-corrected chi connectivity index (χ3v) is 5.67. The number of fused-ring (bicyclic) bond motifs is 1. The molecule has 0 saturated heterocycles. The van der Waals surface area contributed by atoms with E-state index < -0.39 is 0 Å². The monoisotopic (exact) mass is 383 g/mol. The van der Waals surface area contributed by atoms with Gasteiger partial charge in [-0.25, -0.2) is 4.39 Å². The van der Waals surface area contributed by atoms with Crippen LogP contribution in [0.2, 0.25) is 0 Å². The lowest BCUT2D eigenvalue weighted by molar-refractivity contribution is -0.135. The number of hydrogen-bond donors (Lipinski definition) is 0. The van der Waals surface area contributed by atoms with Crippen molar-refractivity contribution in [3.8, 4) is 11.5 Å². The smallest absolute Gasteiger partial charge is 0.231 e. The number of amides is 1. The highest BCUT2D eigenvalue weighted by molar-refractivity contribution is 5.77. The number of carbonyl (C=O) groups is 1. The summed E-state index contributed by atoms with van der Waals surface area (Å²) in [5, 5.41) is 0. The molecule has 1 aliphatic carbocycles. The maximum atomic E-state index is 13.2. The molecular weight excluding hydrogens is 357 g/mol. The number of nitrogens with zero attached hydrogens (tertiary/aromatic N) is 1. The van der Waals surface area contributed by atoms with Crippen molar-refractivity contribution in [2.75, 3.05) is 6.79 Å². The van der Waals surface area contributed by atoms with Gasteiger partial charge in [0.25, 0.3) is 0 Å². The van der Waals surface area contributed by atoms with E-state index in [0.29, 0.717) is 19.4 Å². The second kappa shape index (κ2) is 8.63. The SMILES string of the molecule is O=C(CCc1ccc2c(c1)OCO2)N(Cc1ccc(F)cc1)C1CCCCC1. The lowest BCUT2D eigenvalue weighted by Crippen LogP contribution is -2.41. The van der Waals surface area contributed by atoms with E-state index in [4.69, 9.17) is 9.47 Å². The van der Waals surface area contributed by atoms with Gasteiger partial charge in [0.2, 0.25) is 12.7 Å². The van der Waals surface area contributed by atoms with Crippen molar-refractivity contribution in [3.05, 3.63) is 59.4 Å². The van der Waals surface area contributed by atoms with Crippen molar-refractivity contribution in [2.45, 2.75) is 57.5 Å². The molecule has 0 bridgehead atoms. The Morgan fingerprint density at radius 3 is 2.46 bits per heavy atom. The Hall–Kier alpha value is -2.56. The van der Waals surface area contributed by atoms with E-state index in [1.807, 2.05) is 23.1 Å². The van der Waals surface area contributed by atoms with Crippen molar-refractivity contribution in [3.63, 3.8) is 0 Å². The highest BCUT2D eigenvalue weighted by Crippen LogP contribution is 2.33. The van der Waals surface area contributed by atoms with Gasteiger partial charge in [0.1, 0.15) is 5.82 Å². The van der Waals surface area contributed by atoms with Gasteiger partial charge in [0.15, 0.2) is 11.5 Å². The largest absolute Gasteiger partial charge is 0.454 e. The van der Waals surface area contributed by atoms with E-state index in [1.54, 1.807) is 12.1 Å². The molecule has 2 aromatic carbocycles. The molecule has 1 aliphatic heterocycles. The number of ether oxygens (including phenoxy) is 2. The van der Waals surface area contributed by atoms with E-state index in [9.17, 15) is 9.18 Å². The fourth-order valence-electron chi connectivity index (χ4n) is 4.09. The summed E-state index contributed by atoms with van der Waals surface area (Å²) in [5.74, 6) is 1.42. The average Bonchev–Trinajstić information content (AvgIpc) is 3.20. The molecule has 0 aromatic heterocycles. The van der Waals surface area contributed by atoms with E-state index >= 15 is 0 Å². The summed E-state index contributed by atoms with van der Waals surface area (Å²) in [6, 6.07) is 12.6. The number of rotatable bonds is 6.